The molecule has 15 heavy (non-hydrogen) atoms. The summed E-state index contributed by atoms with van der Waals surface area (Å²) in [6.45, 7) is 0. The fraction of sp³-hybridized carbons (Fsp3) is 0.111. The number of hydrogen-bond acceptors (Lipinski definition) is 1. The summed E-state index contributed by atoms with van der Waals surface area (Å²) in [6.07, 6.45) is 0. The van der Waals surface area contributed by atoms with Crippen LogP contribution in [-0.4, -0.2) is 15.5 Å². The van der Waals surface area contributed by atoms with Crippen LogP contribution in [0.1, 0.15) is 5.56 Å². The molecule has 3 N–H and O–H groups in total. The molecule has 0 spiro atoms. The number of rotatable bonds is 1. The fourth-order valence-electron chi connectivity index (χ4n) is 0.844. The second kappa shape index (κ2) is 4.84. The molecule has 1 aromatic rings. The first-order valence-electron chi connectivity index (χ1n) is 3.96. The maximum absolute atomic E-state index is 7.60. The number of halogens is 3. The van der Waals surface area contributed by atoms with Crippen LogP contribution in [0.2, 0.25) is 0 Å². The van der Waals surface area contributed by atoms with Gasteiger partial charge in [0.1, 0.15) is 0 Å². The Balaban J connectivity index is 2.90. The predicted molar refractivity (Wildman–Crippen MR) is 65.2 cm³/mol. The van der Waals surface area contributed by atoms with E-state index in [1.54, 1.807) is 24.3 Å². The number of hydrogen-bond donors (Lipinski definition) is 2. The van der Waals surface area contributed by atoms with Gasteiger partial charge in [-0.1, -0.05) is 65.1 Å². The van der Waals surface area contributed by atoms with E-state index in [-0.39, 0.29) is 11.7 Å². The number of amidine groups is 2. The van der Waals surface area contributed by atoms with E-state index >= 15 is 0 Å². The van der Waals surface area contributed by atoms with Crippen LogP contribution >= 0.6 is 34.8 Å². The molecule has 0 radical (unpaired) electrons. The van der Waals surface area contributed by atoms with E-state index in [1.807, 2.05) is 6.07 Å². The van der Waals surface area contributed by atoms with Crippen molar-refractivity contribution in [1.82, 2.24) is 0 Å². The first-order chi connectivity index (χ1) is 6.91. The quantitative estimate of drug-likeness (QED) is 0.457. The lowest BCUT2D eigenvalue weighted by atomic mass is 10.2. The summed E-state index contributed by atoms with van der Waals surface area (Å²) in [5, 5.41) is 7.60. The van der Waals surface area contributed by atoms with Crippen LogP contribution in [0.4, 0.5) is 0 Å². The van der Waals surface area contributed by atoms with E-state index < -0.39 is 3.79 Å². The minimum Gasteiger partial charge on any atom is -0.383 e. The van der Waals surface area contributed by atoms with Crippen molar-refractivity contribution in [3.63, 3.8) is 0 Å². The van der Waals surface area contributed by atoms with Crippen molar-refractivity contribution in [2.24, 2.45) is 10.7 Å². The van der Waals surface area contributed by atoms with Crippen molar-refractivity contribution in [3.05, 3.63) is 35.9 Å². The summed E-state index contributed by atoms with van der Waals surface area (Å²) in [5.41, 5.74) is 6.01. The normalized spacial score (nSPS) is 12.6. The number of aliphatic imine (C=N–C) groups is 1. The Kier molecular flexibility index (Phi) is 3.97. The minimum absolute atomic E-state index is 0.0422. The van der Waals surface area contributed by atoms with E-state index in [4.69, 9.17) is 45.9 Å². The molecule has 1 aromatic carbocycles. The molecule has 0 aliphatic rings. The summed E-state index contributed by atoms with van der Waals surface area (Å²) in [7, 11) is 0. The van der Waals surface area contributed by atoms with Gasteiger partial charge in [0.15, 0.2) is 11.7 Å². The minimum atomic E-state index is -1.78. The largest absolute Gasteiger partial charge is 0.383 e. The van der Waals surface area contributed by atoms with Gasteiger partial charge in [-0.15, -0.1) is 0 Å². The second-order valence-electron chi connectivity index (χ2n) is 2.71. The molecule has 0 heterocycles. The van der Waals surface area contributed by atoms with Crippen LogP contribution in [0.25, 0.3) is 0 Å². The lowest BCUT2D eigenvalue weighted by Crippen LogP contribution is -2.29. The van der Waals surface area contributed by atoms with Crippen molar-refractivity contribution in [2.45, 2.75) is 3.79 Å². The standard InChI is InChI=1S/C9H8Cl3N3/c10-9(11,12)8(14)15-7(13)6-4-2-1-3-5-6/h1-5H,(H3,13,14,15). The van der Waals surface area contributed by atoms with E-state index in [2.05, 4.69) is 4.99 Å². The number of nitrogens with two attached hydrogens (primary N) is 1. The Labute approximate surface area is 102 Å². The smallest absolute Gasteiger partial charge is 0.247 e. The molecule has 0 amide bonds. The molecular formula is C9H8Cl3N3. The predicted octanol–water partition coefficient (Wildman–Crippen LogP) is 2.74. The molecule has 0 saturated carbocycles. The Morgan fingerprint density at radius 3 is 2.20 bits per heavy atom. The third-order valence-corrected chi connectivity index (χ3v) is 2.15. The highest BCUT2D eigenvalue weighted by molar-refractivity contribution is 6.76. The van der Waals surface area contributed by atoms with Crippen molar-refractivity contribution in [2.75, 3.05) is 0 Å². The van der Waals surface area contributed by atoms with Crippen LogP contribution in [0.15, 0.2) is 35.3 Å². The van der Waals surface area contributed by atoms with Gasteiger partial charge < -0.3 is 5.73 Å². The van der Waals surface area contributed by atoms with E-state index in [1.165, 1.54) is 0 Å². The summed E-state index contributed by atoms with van der Waals surface area (Å²) < 4.78 is -1.78. The lowest BCUT2D eigenvalue weighted by molar-refractivity contribution is 1.36. The van der Waals surface area contributed by atoms with Crippen molar-refractivity contribution in [1.29, 1.82) is 5.41 Å². The molecule has 1 rings (SSSR count). The van der Waals surface area contributed by atoms with Gasteiger partial charge in [-0.2, -0.15) is 0 Å². The molecule has 3 nitrogen and oxygen atoms in total. The first kappa shape index (κ1) is 12.3. The van der Waals surface area contributed by atoms with Gasteiger partial charge in [-0.25, -0.2) is 4.99 Å². The van der Waals surface area contributed by atoms with Gasteiger partial charge in [0, 0.05) is 5.56 Å². The summed E-state index contributed by atoms with van der Waals surface area (Å²) in [4.78, 5) is 3.70. The van der Waals surface area contributed by atoms with Crippen molar-refractivity contribution >= 4 is 46.5 Å². The first-order valence-corrected chi connectivity index (χ1v) is 5.10. The number of nitrogens with zero attached hydrogens (tertiary/aromatic N) is 1. The average molecular weight is 265 g/mol. The lowest BCUT2D eigenvalue weighted by Gasteiger charge is -2.09. The van der Waals surface area contributed by atoms with E-state index in [0.29, 0.717) is 5.56 Å². The van der Waals surface area contributed by atoms with Crippen LogP contribution < -0.4 is 5.73 Å². The van der Waals surface area contributed by atoms with Crippen molar-refractivity contribution in [3.8, 4) is 0 Å². The molecule has 0 aliphatic carbocycles. The van der Waals surface area contributed by atoms with Crippen LogP contribution in [-0.2, 0) is 0 Å². The topological polar surface area (TPSA) is 62.2 Å². The van der Waals surface area contributed by atoms with Gasteiger partial charge in [0.05, 0.1) is 0 Å². The SMILES string of the molecule is N=C(N=C(N)C(Cl)(Cl)Cl)c1ccccc1. The van der Waals surface area contributed by atoms with Crippen LogP contribution in [0.3, 0.4) is 0 Å². The van der Waals surface area contributed by atoms with E-state index in [0.717, 1.165) is 0 Å². The molecule has 0 aromatic heterocycles. The zero-order valence-electron chi connectivity index (χ0n) is 7.55. The molecule has 0 bridgehead atoms. The average Bonchev–Trinajstić information content (AvgIpc) is 2.17. The highest BCUT2D eigenvalue weighted by Crippen LogP contribution is 2.26. The van der Waals surface area contributed by atoms with Crippen LogP contribution in [0, 0.1) is 5.41 Å². The van der Waals surface area contributed by atoms with E-state index in [9.17, 15) is 0 Å². The molecule has 6 heteroatoms. The number of alkyl halides is 3. The number of benzene rings is 1. The molecule has 0 saturated heterocycles. The molecule has 0 atom stereocenters. The third kappa shape index (κ3) is 3.70. The van der Waals surface area contributed by atoms with Gasteiger partial charge in [-0.3, -0.25) is 5.41 Å². The Morgan fingerprint density at radius 2 is 1.73 bits per heavy atom. The van der Waals surface area contributed by atoms with Gasteiger partial charge in [-0.05, 0) is 0 Å². The maximum Gasteiger partial charge on any atom is 0.247 e. The fourth-order valence-corrected chi connectivity index (χ4v) is 0.971. The summed E-state index contributed by atoms with van der Waals surface area (Å²) in [6, 6.07) is 8.84. The molecule has 0 aliphatic heterocycles. The van der Waals surface area contributed by atoms with Gasteiger partial charge in [0.2, 0.25) is 3.79 Å². The molecule has 0 unspecified atom stereocenters. The Morgan fingerprint density at radius 1 is 1.20 bits per heavy atom. The Hall–Kier alpha value is -0.770. The van der Waals surface area contributed by atoms with Gasteiger partial charge in [0.25, 0.3) is 0 Å². The summed E-state index contributed by atoms with van der Waals surface area (Å²) in [5.74, 6) is -0.263. The molecule has 0 fully saturated rings. The van der Waals surface area contributed by atoms with Crippen molar-refractivity contribution < 1.29 is 0 Å². The van der Waals surface area contributed by atoms with Crippen LogP contribution in [0.5, 0.6) is 0 Å². The second-order valence-corrected chi connectivity index (χ2v) is 4.99. The third-order valence-electron chi connectivity index (χ3n) is 1.57. The highest BCUT2D eigenvalue weighted by Gasteiger charge is 2.25. The highest BCUT2D eigenvalue weighted by atomic mass is 35.6. The molecule has 80 valence electrons. The zero-order chi connectivity index (χ0) is 11.5. The monoisotopic (exact) mass is 263 g/mol. The number of nitrogens with one attached hydrogen (secondary N) is 1. The summed E-state index contributed by atoms with van der Waals surface area (Å²) >= 11 is 16.5. The van der Waals surface area contributed by atoms with Gasteiger partial charge >= 0.3 is 0 Å². The Bertz CT molecular complexity index is 381. The molecular weight excluding hydrogens is 256 g/mol. The maximum atomic E-state index is 7.60. The zero-order valence-corrected chi connectivity index (χ0v) is 9.81.